The number of halogens is 1. The molecule has 2 heterocycles. The first-order valence-electron chi connectivity index (χ1n) is 12.1. The first kappa shape index (κ1) is 27.3. The van der Waals surface area contributed by atoms with Crippen LogP contribution in [0.1, 0.15) is 17.3 Å². The van der Waals surface area contributed by atoms with Crippen molar-refractivity contribution in [3.05, 3.63) is 65.2 Å². The fourth-order valence-electron chi connectivity index (χ4n) is 4.01. The molecule has 1 aromatic heterocycles. The Kier molecular flexibility index (Phi) is 8.48. The highest BCUT2D eigenvalue weighted by atomic mass is 35.5. The summed E-state index contributed by atoms with van der Waals surface area (Å²) in [6.07, 6.45) is 1.14. The standard InChI is InChI=1S/C26H29ClN6O4S/c1-18(34)28-11-12-29-23-17-24(31-25(30-23)19-3-7-21(27)8-4-19)32-13-15-33(16-14-32)26(35)20-5-9-22(10-6-20)38(2,36)37/h3-10,17H,11-16H2,1-2H3,(H,28,34)(H,29,30,31). The van der Waals surface area contributed by atoms with E-state index in [9.17, 15) is 18.0 Å². The zero-order valence-electron chi connectivity index (χ0n) is 21.1. The normalized spacial score (nSPS) is 13.8. The first-order chi connectivity index (χ1) is 18.1. The SMILES string of the molecule is CC(=O)NCCNc1cc(N2CCN(C(=O)c3ccc(S(C)(=O)=O)cc3)CC2)nc(-c2ccc(Cl)cc2)n1. The molecule has 2 amide bonds. The molecule has 0 bridgehead atoms. The number of rotatable bonds is 8. The molecule has 1 fully saturated rings. The minimum atomic E-state index is -3.32. The van der Waals surface area contributed by atoms with Crippen molar-refractivity contribution in [2.24, 2.45) is 0 Å². The molecule has 12 heteroatoms. The highest BCUT2D eigenvalue weighted by molar-refractivity contribution is 7.90. The molecule has 2 aromatic carbocycles. The second-order valence-electron chi connectivity index (χ2n) is 8.93. The third kappa shape index (κ3) is 6.99. The van der Waals surface area contributed by atoms with Crippen molar-refractivity contribution in [2.45, 2.75) is 11.8 Å². The van der Waals surface area contributed by atoms with E-state index >= 15 is 0 Å². The largest absolute Gasteiger partial charge is 0.368 e. The summed E-state index contributed by atoms with van der Waals surface area (Å²) < 4.78 is 23.4. The van der Waals surface area contributed by atoms with Gasteiger partial charge in [-0.2, -0.15) is 0 Å². The average Bonchev–Trinajstić information content (AvgIpc) is 2.90. The quantitative estimate of drug-likeness (QED) is 0.406. The van der Waals surface area contributed by atoms with Crippen LogP contribution in [-0.2, 0) is 14.6 Å². The molecule has 10 nitrogen and oxygen atoms in total. The number of nitrogens with zero attached hydrogens (tertiary/aromatic N) is 4. The lowest BCUT2D eigenvalue weighted by Crippen LogP contribution is -2.49. The summed E-state index contributed by atoms with van der Waals surface area (Å²) in [5.74, 6) is 1.63. The molecule has 38 heavy (non-hydrogen) atoms. The van der Waals surface area contributed by atoms with Crippen LogP contribution in [0.15, 0.2) is 59.5 Å². The molecule has 1 aliphatic rings. The van der Waals surface area contributed by atoms with E-state index in [1.165, 1.54) is 19.1 Å². The van der Waals surface area contributed by atoms with Crippen molar-refractivity contribution < 1.29 is 18.0 Å². The lowest BCUT2D eigenvalue weighted by molar-refractivity contribution is -0.118. The monoisotopic (exact) mass is 556 g/mol. The molecular weight excluding hydrogens is 528 g/mol. The van der Waals surface area contributed by atoms with Crippen molar-refractivity contribution in [1.29, 1.82) is 0 Å². The van der Waals surface area contributed by atoms with E-state index in [2.05, 4.69) is 20.5 Å². The zero-order valence-corrected chi connectivity index (χ0v) is 22.7. The number of benzene rings is 2. The van der Waals surface area contributed by atoms with E-state index in [-0.39, 0.29) is 16.7 Å². The van der Waals surface area contributed by atoms with Crippen molar-refractivity contribution in [2.75, 3.05) is 55.7 Å². The number of carbonyl (C=O) groups excluding carboxylic acids is 2. The summed E-state index contributed by atoms with van der Waals surface area (Å²) in [4.78, 5) is 37.6. The van der Waals surface area contributed by atoms with Gasteiger partial charge in [0.1, 0.15) is 11.6 Å². The lowest BCUT2D eigenvalue weighted by atomic mass is 10.2. The van der Waals surface area contributed by atoms with E-state index in [4.69, 9.17) is 16.6 Å². The van der Waals surface area contributed by atoms with Gasteiger partial charge in [-0.15, -0.1) is 0 Å². The van der Waals surface area contributed by atoms with Crippen LogP contribution in [0.5, 0.6) is 0 Å². The Morgan fingerprint density at radius 1 is 0.947 bits per heavy atom. The molecule has 0 radical (unpaired) electrons. The Hall–Kier alpha value is -3.70. The molecule has 0 atom stereocenters. The van der Waals surface area contributed by atoms with Crippen LogP contribution in [0.2, 0.25) is 5.02 Å². The fourth-order valence-corrected chi connectivity index (χ4v) is 4.77. The van der Waals surface area contributed by atoms with E-state index in [1.54, 1.807) is 29.2 Å². The molecule has 0 saturated carbocycles. The van der Waals surface area contributed by atoms with Crippen molar-refractivity contribution >= 4 is 44.9 Å². The van der Waals surface area contributed by atoms with E-state index in [0.29, 0.717) is 61.5 Å². The second-order valence-corrected chi connectivity index (χ2v) is 11.4. The number of anilines is 2. The Balaban J connectivity index is 1.48. The van der Waals surface area contributed by atoms with Crippen LogP contribution in [0, 0.1) is 0 Å². The van der Waals surface area contributed by atoms with Gasteiger partial charge in [-0.05, 0) is 48.5 Å². The predicted molar refractivity (Wildman–Crippen MR) is 147 cm³/mol. The van der Waals surface area contributed by atoms with Crippen LogP contribution in [0.3, 0.4) is 0 Å². The number of carbonyl (C=O) groups is 2. The van der Waals surface area contributed by atoms with Gasteiger partial charge in [0.2, 0.25) is 5.91 Å². The van der Waals surface area contributed by atoms with Crippen molar-refractivity contribution in [3.8, 4) is 11.4 Å². The third-order valence-electron chi connectivity index (χ3n) is 6.04. The molecule has 200 valence electrons. The van der Waals surface area contributed by atoms with E-state index in [0.717, 1.165) is 17.6 Å². The van der Waals surface area contributed by atoms with Crippen LogP contribution in [-0.4, -0.2) is 80.6 Å². The third-order valence-corrected chi connectivity index (χ3v) is 7.42. The van der Waals surface area contributed by atoms with Gasteiger partial charge >= 0.3 is 0 Å². The molecular formula is C26H29ClN6O4S. The molecule has 1 aliphatic heterocycles. The van der Waals surface area contributed by atoms with Crippen LogP contribution in [0.4, 0.5) is 11.6 Å². The van der Waals surface area contributed by atoms with Crippen molar-refractivity contribution in [3.63, 3.8) is 0 Å². The summed E-state index contributed by atoms with van der Waals surface area (Å²) in [5, 5.41) is 6.60. The Labute approximate surface area is 226 Å². The number of hydrogen-bond acceptors (Lipinski definition) is 8. The maximum absolute atomic E-state index is 13.0. The molecule has 0 unspecified atom stereocenters. The van der Waals surface area contributed by atoms with Crippen molar-refractivity contribution in [1.82, 2.24) is 20.2 Å². The molecule has 1 saturated heterocycles. The number of amides is 2. The maximum Gasteiger partial charge on any atom is 0.253 e. The Morgan fingerprint density at radius 2 is 1.61 bits per heavy atom. The molecule has 0 aliphatic carbocycles. The van der Waals surface area contributed by atoms with E-state index < -0.39 is 9.84 Å². The van der Waals surface area contributed by atoms with Gasteiger partial charge in [0, 0.05) is 74.7 Å². The van der Waals surface area contributed by atoms with E-state index in [1.807, 2.05) is 18.2 Å². The van der Waals surface area contributed by atoms with Crippen LogP contribution >= 0.6 is 11.6 Å². The Bertz CT molecular complexity index is 1410. The highest BCUT2D eigenvalue weighted by Crippen LogP contribution is 2.25. The van der Waals surface area contributed by atoms with Gasteiger partial charge in [-0.1, -0.05) is 11.6 Å². The predicted octanol–water partition coefficient (Wildman–Crippen LogP) is 2.71. The van der Waals surface area contributed by atoms with Gasteiger partial charge in [0.15, 0.2) is 15.7 Å². The number of sulfone groups is 1. The number of piperazine rings is 1. The smallest absolute Gasteiger partial charge is 0.253 e. The summed E-state index contributed by atoms with van der Waals surface area (Å²) in [7, 11) is -3.32. The summed E-state index contributed by atoms with van der Waals surface area (Å²) in [6, 6.07) is 15.1. The van der Waals surface area contributed by atoms with Gasteiger partial charge in [-0.3, -0.25) is 9.59 Å². The Morgan fingerprint density at radius 3 is 2.21 bits per heavy atom. The summed E-state index contributed by atoms with van der Waals surface area (Å²) >= 11 is 6.05. The average molecular weight is 557 g/mol. The summed E-state index contributed by atoms with van der Waals surface area (Å²) in [6.45, 7) is 4.52. The molecule has 3 aromatic rings. The second kappa shape index (κ2) is 11.8. The van der Waals surface area contributed by atoms with Gasteiger partial charge in [0.25, 0.3) is 5.91 Å². The molecule has 4 rings (SSSR count). The fraction of sp³-hybridized carbons (Fsp3) is 0.308. The van der Waals surface area contributed by atoms with Gasteiger partial charge in [0.05, 0.1) is 4.90 Å². The summed E-state index contributed by atoms with van der Waals surface area (Å²) in [5.41, 5.74) is 1.26. The number of aromatic nitrogens is 2. The minimum Gasteiger partial charge on any atom is -0.368 e. The minimum absolute atomic E-state index is 0.101. The topological polar surface area (TPSA) is 125 Å². The zero-order chi connectivity index (χ0) is 27.3. The molecule has 2 N–H and O–H groups in total. The van der Waals surface area contributed by atoms with Gasteiger partial charge < -0.3 is 20.4 Å². The van der Waals surface area contributed by atoms with Crippen LogP contribution < -0.4 is 15.5 Å². The highest BCUT2D eigenvalue weighted by Gasteiger charge is 2.24. The number of hydrogen-bond donors (Lipinski definition) is 2. The lowest BCUT2D eigenvalue weighted by Gasteiger charge is -2.35. The van der Waals surface area contributed by atoms with Crippen LogP contribution in [0.25, 0.3) is 11.4 Å². The maximum atomic E-state index is 13.0. The van der Waals surface area contributed by atoms with Gasteiger partial charge in [-0.25, -0.2) is 18.4 Å². The number of nitrogens with one attached hydrogen (secondary N) is 2. The molecule has 0 spiro atoms. The first-order valence-corrected chi connectivity index (χ1v) is 14.3.